The van der Waals surface area contributed by atoms with Crippen LogP contribution in [0, 0.1) is 6.92 Å². The molecule has 0 aliphatic heterocycles. The van der Waals surface area contributed by atoms with Gasteiger partial charge in [-0.15, -0.1) is 11.3 Å². The maximum Gasteiger partial charge on any atom is 0.0553 e. The van der Waals surface area contributed by atoms with E-state index in [4.69, 9.17) is 0 Å². The van der Waals surface area contributed by atoms with Crippen molar-refractivity contribution in [3.63, 3.8) is 0 Å². The zero-order valence-electron chi connectivity index (χ0n) is 10.5. The lowest BCUT2D eigenvalue weighted by Gasteiger charge is -2.30. The zero-order chi connectivity index (χ0) is 13.0. The van der Waals surface area contributed by atoms with E-state index in [1.165, 1.54) is 10.4 Å². The van der Waals surface area contributed by atoms with Gasteiger partial charge in [-0.05, 0) is 30.4 Å². The summed E-state index contributed by atoms with van der Waals surface area (Å²) in [7, 11) is 0. The van der Waals surface area contributed by atoms with Crippen LogP contribution in [0.4, 0.5) is 0 Å². The fraction of sp³-hybridized carbons (Fsp3) is 0.333. The summed E-state index contributed by atoms with van der Waals surface area (Å²) in [5, 5.41) is 21.5. The lowest BCUT2D eigenvalue weighted by Crippen LogP contribution is -2.37. The molecule has 0 aliphatic rings. The summed E-state index contributed by atoms with van der Waals surface area (Å²) in [5.41, 5.74) is 1.59. The molecule has 0 aliphatic carbocycles. The van der Waals surface area contributed by atoms with Gasteiger partial charge in [0.05, 0.1) is 13.2 Å². The molecule has 0 bridgehead atoms. The maximum absolute atomic E-state index is 9.74. The van der Waals surface area contributed by atoms with E-state index in [0.29, 0.717) is 6.42 Å². The molecule has 0 atom stereocenters. The van der Waals surface area contributed by atoms with Crippen molar-refractivity contribution in [2.75, 3.05) is 13.2 Å². The van der Waals surface area contributed by atoms with Gasteiger partial charge in [-0.3, -0.25) is 0 Å². The van der Waals surface area contributed by atoms with Gasteiger partial charge >= 0.3 is 0 Å². The van der Waals surface area contributed by atoms with E-state index in [0.717, 1.165) is 5.56 Å². The van der Waals surface area contributed by atoms with Crippen molar-refractivity contribution >= 4 is 11.3 Å². The van der Waals surface area contributed by atoms with Gasteiger partial charge < -0.3 is 10.2 Å². The third-order valence-corrected chi connectivity index (χ3v) is 4.24. The minimum Gasteiger partial charge on any atom is -0.395 e. The molecule has 2 nitrogen and oxygen atoms in total. The molecule has 0 spiro atoms. The highest BCUT2D eigenvalue weighted by molar-refractivity contribution is 7.09. The van der Waals surface area contributed by atoms with E-state index in [1.807, 2.05) is 48.7 Å². The van der Waals surface area contributed by atoms with E-state index in [9.17, 15) is 10.2 Å². The number of aryl methyl sites for hydroxylation is 1. The van der Waals surface area contributed by atoms with Crippen molar-refractivity contribution in [2.45, 2.75) is 18.8 Å². The average molecular weight is 262 g/mol. The summed E-state index contributed by atoms with van der Waals surface area (Å²) < 4.78 is 0. The molecule has 18 heavy (non-hydrogen) atoms. The molecular formula is C15H18O2S. The summed E-state index contributed by atoms with van der Waals surface area (Å²) in [6.45, 7) is 1.93. The van der Waals surface area contributed by atoms with Gasteiger partial charge in [-0.2, -0.15) is 0 Å². The molecule has 1 aromatic heterocycles. The lowest BCUT2D eigenvalue weighted by molar-refractivity contribution is 0.117. The molecule has 96 valence electrons. The van der Waals surface area contributed by atoms with E-state index in [-0.39, 0.29) is 13.2 Å². The molecular weight excluding hydrogens is 244 g/mol. The third kappa shape index (κ3) is 2.64. The Labute approximate surface area is 112 Å². The molecule has 1 aromatic carbocycles. The Bertz CT molecular complexity index is 470. The van der Waals surface area contributed by atoms with Crippen LogP contribution in [0.1, 0.15) is 16.0 Å². The van der Waals surface area contributed by atoms with Crippen LogP contribution < -0.4 is 0 Å². The van der Waals surface area contributed by atoms with Gasteiger partial charge in [0, 0.05) is 10.3 Å². The first-order chi connectivity index (χ1) is 8.70. The summed E-state index contributed by atoms with van der Waals surface area (Å²) in [4.78, 5) is 1.18. The van der Waals surface area contributed by atoms with Gasteiger partial charge in [0.1, 0.15) is 0 Å². The summed E-state index contributed by atoms with van der Waals surface area (Å²) >= 11 is 1.66. The molecule has 2 rings (SSSR count). The van der Waals surface area contributed by atoms with Crippen LogP contribution in [0.15, 0.2) is 41.8 Å². The second-order valence-electron chi connectivity index (χ2n) is 4.72. The molecule has 1 heterocycles. The topological polar surface area (TPSA) is 40.5 Å². The van der Waals surface area contributed by atoms with Crippen LogP contribution in [0.2, 0.25) is 0 Å². The van der Waals surface area contributed by atoms with Gasteiger partial charge in [-0.1, -0.05) is 35.9 Å². The van der Waals surface area contributed by atoms with Crippen molar-refractivity contribution in [3.8, 4) is 0 Å². The highest BCUT2D eigenvalue weighted by Gasteiger charge is 2.31. The Balaban J connectivity index is 2.33. The van der Waals surface area contributed by atoms with Crippen molar-refractivity contribution in [3.05, 3.63) is 57.8 Å². The minimum atomic E-state index is -0.585. The van der Waals surface area contributed by atoms with E-state index < -0.39 is 5.41 Å². The monoisotopic (exact) mass is 262 g/mol. The van der Waals surface area contributed by atoms with Crippen LogP contribution in [0.25, 0.3) is 0 Å². The molecule has 0 fully saturated rings. The van der Waals surface area contributed by atoms with Crippen molar-refractivity contribution in [1.29, 1.82) is 0 Å². The Morgan fingerprint density at radius 1 is 1.06 bits per heavy atom. The Morgan fingerprint density at radius 3 is 2.22 bits per heavy atom. The number of rotatable bonds is 5. The molecule has 0 saturated heterocycles. The van der Waals surface area contributed by atoms with Crippen LogP contribution in [-0.4, -0.2) is 23.4 Å². The Hall–Kier alpha value is -1.16. The van der Waals surface area contributed by atoms with Crippen LogP contribution in [0.5, 0.6) is 0 Å². The number of hydrogen-bond donors (Lipinski definition) is 2. The fourth-order valence-electron chi connectivity index (χ4n) is 2.10. The number of thiophene rings is 1. The van der Waals surface area contributed by atoms with Crippen LogP contribution in [0.3, 0.4) is 0 Å². The molecule has 0 radical (unpaired) electrons. The molecule has 2 N–H and O–H groups in total. The van der Waals surface area contributed by atoms with E-state index in [1.54, 1.807) is 11.3 Å². The van der Waals surface area contributed by atoms with E-state index in [2.05, 4.69) is 0 Å². The average Bonchev–Trinajstić information content (AvgIpc) is 2.90. The predicted octanol–water partition coefficient (Wildman–Crippen LogP) is 2.52. The molecule has 0 saturated carbocycles. The molecule has 2 aromatic rings. The highest BCUT2D eigenvalue weighted by Crippen LogP contribution is 2.29. The molecule has 3 heteroatoms. The van der Waals surface area contributed by atoms with Crippen molar-refractivity contribution in [2.24, 2.45) is 0 Å². The second kappa shape index (κ2) is 5.65. The van der Waals surface area contributed by atoms with Crippen LogP contribution in [-0.2, 0) is 11.8 Å². The standard InChI is InChI=1S/C15H18O2S/c1-12-4-6-13(7-5-12)15(10-16,11-17)9-14-3-2-8-18-14/h2-8,16-17H,9-11H2,1H3. The van der Waals surface area contributed by atoms with Gasteiger partial charge in [0.2, 0.25) is 0 Å². The lowest BCUT2D eigenvalue weighted by atomic mass is 9.78. The SMILES string of the molecule is Cc1ccc(C(CO)(CO)Cc2cccs2)cc1. The fourth-order valence-corrected chi connectivity index (χ4v) is 2.95. The van der Waals surface area contributed by atoms with Crippen molar-refractivity contribution in [1.82, 2.24) is 0 Å². The number of benzene rings is 1. The first-order valence-electron chi connectivity index (χ1n) is 6.01. The predicted molar refractivity (Wildman–Crippen MR) is 75.1 cm³/mol. The Kier molecular flexibility index (Phi) is 4.17. The molecule has 0 amide bonds. The van der Waals surface area contributed by atoms with Gasteiger partial charge in [-0.25, -0.2) is 0 Å². The van der Waals surface area contributed by atoms with Gasteiger partial charge in [0.15, 0.2) is 0 Å². The third-order valence-electron chi connectivity index (χ3n) is 3.36. The van der Waals surface area contributed by atoms with Crippen LogP contribution >= 0.6 is 11.3 Å². The highest BCUT2D eigenvalue weighted by atomic mass is 32.1. The minimum absolute atomic E-state index is 0.0511. The quantitative estimate of drug-likeness (QED) is 0.869. The van der Waals surface area contributed by atoms with Gasteiger partial charge in [0.25, 0.3) is 0 Å². The summed E-state index contributed by atoms with van der Waals surface area (Å²) in [5.74, 6) is 0. The number of hydrogen-bond acceptors (Lipinski definition) is 3. The number of aliphatic hydroxyl groups is 2. The normalized spacial score (nSPS) is 11.7. The first-order valence-corrected chi connectivity index (χ1v) is 6.89. The Morgan fingerprint density at radius 2 is 1.72 bits per heavy atom. The summed E-state index contributed by atoms with van der Waals surface area (Å²) in [6, 6.07) is 12.1. The second-order valence-corrected chi connectivity index (χ2v) is 5.75. The number of aliphatic hydroxyl groups excluding tert-OH is 2. The summed E-state index contributed by atoms with van der Waals surface area (Å²) in [6.07, 6.45) is 0.667. The molecule has 0 unspecified atom stereocenters. The van der Waals surface area contributed by atoms with Crippen molar-refractivity contribution < 1.29 is 10.2 Å². The smallest absolute Gasteiger partial charge is 0.0553 e. The zero-order valence-corrected chi connectivity index (χ0v) is 11.3. The first kappa shape index (κ1) is 13.3. The van der Waals surface area contributed by atoms with E-state index >= 15 is 0 Å². The maximum atomic E-state index is 9.74. The largest absolute Gasteiger partial charge is 0.395 e.